The number of H-pyrrole nitrogens is 1. The fourth-order valence-electron chi connectivity index (χ4n) is 4.05. The van der Waals surface area contributed by atoms with Gasteiger partial charge in [-0.05, 0) is 48.7 Å². The second kappa shape index (κ2) is 7.88. The quantitative estimate of drug-likeness (QED) is 0.399. The van der Waals surface area contributed by atoms with Crippen LogP contribution in [-0.4, -0.2) is 21.0 Å². The molecule has 1 saturated carbocycles. The SMILES string of the molecule is Clc1ccc(-c2ccc(-c3ccc4[nH]c(NC5CCCCC5)nc4c3)nc2)cc1. The van der Waals surface area contributed by atoms with Gasteiger partial charge in [-0.1, -0.05) is 55.1 Å². The van der Waals surface area contributed by atoms with Crippen molar-refractivity contribution in [1.82, 2.24) is 15.0 Å². The first-order valence-corrected chi connectivity index (χ1v) is 10.6. The summed E-state index contributed by atoms with van der Waals surface area (Å²) in [6, 6.07) is 18.8. The predicted octanol–water partition coefficient (Wildman–Crippen LogP) is 6.69. The number of halogens is 1. The van der Waals surface area contributed by atoms with Gasteiger partial charge in [0.1, 0.15) is 0 Å². The van der Waals surface area contributed by atoms with E-state index in [1.54, 1.807) is 0 Å². The number of pyridine rings is 1. The maximum atomic E-state index is 5.98. The van der Waals surface area contributed by atoms with E-state index in [9.17, 15) is 0 Å². The summed E-state index contributed by atoms with van der Waals surface area (Å²) in [5.41, 5.74) is 6.19. The lowest BCUT2D eigenvalue weighted by atomic mass is 9.96. The molecule has 2 aromatic carbocycles. The lowest BCUT2D eigenvalue weighted by Crippen LogP contribution is -2.22. The molecule has 2 aromatic heterocycles. The molecule has 1 aliphatic rings. The normalized spacial score (nSPS) is 14.9. The van der Waals surface area contributed by atoms with E-state index >= 15 is 0 Å². The van der Waals surface area contributed by atoms with E-state index < -0.39 is 0 Å². The van der Waals surface area contributed by atoms with Crippen molar-refractivity contribution in [1.29, 1.82) is 0 Å². The van der Waals surface area contributed by atoms with Crippen LogP contribution >= 0.6 is 11.6 Å². The second-order valence-electron chi connectivity index (χ2n) is 7.74. The Kier molecular flexibility index (Phi) is 4.94. The summed E-state index contributed by atoms with van der Waals surface area (Å²) >= 11 is 5.98. The zero-order valence-corrected chi connectivity index (χ0v) is 16.9. The molecule has 0 bridgehead atoms. The fraction of sp³-hybridized carbons (Fsp3) is 0.250. The van der Waals surface area contributed by atoms with Gasteiger partial charge in [-0.3, -0.25) is 4.98 Å². The molecular weight excluding hydrogens is 380 g/mol. The van der Waals surface area contributed by atoms with Crippen molar-refractivity contribution in [2.45, 2.75) is 38.1 Å². The average molecular weight is 403 g/mol. The first-order valence-electron chi connectivity index (χ1n) is 10.2. The smallest absolute Gasteiger partial charge is 0.201 e. The number of benzene rings is 2. The zero-order valence-electron chi connectivity index (χ0n) is 16.2. The summed E-state index contributed by atoms with van der Waals surface area (Å²) < 4.78 is 0. The molecule has 146 valence electrons. The highest BCUT2D eigenvalue weighted by Gasteiger charge is 2.15. The van der Waals surface area contributed by atoms with Gasteiger partial charge in [-0.25, -0.2) is 4.98 Å². The molecule has 0 saturated heterocycles. The standard InChI is InChI=1S/C24H23ClN4/c25-19-10-6-16(7-11-19)18-9-12-21(26-15-18)17-8-13-22-23(14-17)29-24(28-22)27-20-4-2-1-3-5-20/h6-15,20H,1-5H2,(H2,27,28,29). The largest absolute Gasteiger partial charge is 0.353 e. The van der Waals surface area contributed by atoms with Gasteiger partial charge in [-0.2, -0.15) is 0 Å². The molecule has 5 rings (SSSR count). The van der Waals surface area contributed by atoms with Gasteiger partial charge < -0.3 is 10.3 Å². The average Bonchev–Trinajstić information content (AvgIpc) is 3.16. The predicted molar refractivity (Wildman–Crippen MR) is 120 cm³/mol. The summed E-state index contributed by atoms with van der Waals surface area (Å²) in [5, 5.41) is 4.31. The van der Waals surface area contributed by atoms with E-state index in [4.69, 9.17) is 16.6 Å². The molecule has 2 N–H and O–H groups in total. The van der Waals surface area contributed by atoms with Crippen molar-refractivity contribution in [3.05, 3.63) is 65.8 Å². The molecule has 4 aromatic rings. The molecule has 0 spiro atoms. The Balaban J connectivity index is 1.37. The Labute approximate surface area is 175 Å². The van der Waals surface area contributed by atoms with Gasteiger partial charge in [0.05, 0.1) is 16.7 Å². The first-order chi connectivity index (χ1) is 14.2. The minimum Gasteiger partial charge on any atom is -0.353 e. The third-order valence-electron chi connectivity index (χ3n) is 5.67. The van der Waals surface area contributed by atoms with Crippen molar-refractivity contribution in [3.8, 4) is 22.4 Å². The van der Waals surface area contributed by atoms with Crippen LogP contribution in [0.15, 0.2) is 60.8 Å². The molecule has 0 unspecified atom stereocenters. The number of anilines is 1. The fourth-order valence-corrected chi connectivity index (χ4v) is 4.18. The van der Waals surface area contributed by atoms with Crippen LogP contribution in [0.4, 0.5) is 5.95 Å². The van der Waals surface area contributed by atoms with Crippen molar-refractivity contribution >= 4 is 28.6 Å². The topological polar surface area (TPSA) is 53.6 Å². The van der Waals surface area contributed by atoms with E-state index in [-0.39, 0.29) is 0 Å². The van der Waals surface area contributed by atoms with Gasteiger partial charge in [0.15, 0.2) is 0 Å². The maximum absolute atomic E-state index is 5.98. The van der Waals surface area contributed by atoms with E-state index in [0.717, 1.165) is 44.4 Å². The van der Waals surface area contributed by atoms with E-state index in [0.29, 0.717) is 6.04 Å². The Morgan fingerprint density at radius 1 is 0.862 bits per heavy atom. The monoisotopic (exact) mass is 402 g/mol. The van der Waals surface area contributed by atoms with Crippen LogP contribution in [0.1, 0.15) is 32.1 Å². The molecule has 0 radical (unpaired) electrons. The lowest BCUT2D eigenvalue weighted by molar-refractivity contribution is 0.461. The summed E-state index contributed by atoms with van der Waals surface area (Å²) in [5.74, 6) is 0.870. The van der Waals surface area contributed by atoms with E-state index in [1.165, 1.54) is 32.1 Å². The highest BCUT2D eigenvalue weighted by Crippen LogP contribution is 2.27. The molecule has 2 heterocycles. The Morgan fingerprint density at radius 3 is 2.38 bits per heavy atom. The molecule has 1 aliphatic carbocycles. The van der Waals surface area contributed by atoms with Crippen molar-refractivity contribution in [3.63, 3.8) is 0 Å². The Bertz CT molecular complexity index is 1110. The lowest BCUT2D eigenvalue weighted by Gasteiger charge is -2.22. The first kappa shape index (κ1) is 18.2. The number of hydrogen-bond donors (Lipinski definition) is 2. The summed E-state index contributed by atoms with van der Waals surface area (Å²) in [4.78, 5) is 12.8. The minimum absolute atomic E-state index is 0.533. The number of aromatic amines is 1. The molecule has 1 fully saturated rings. The summed E-state index contributed by atoms with van der Waals surface area (Å²) in [7, 11) is 0. The molecule has 5 heteroatoms. The third-order valence-corrected chi connectivity index (χ3v) is 5.92. The summed E-state index contributed by atoms with van der Waals surface area (Å²) in [6.07, 6.45) is 8.33. The van der Waals surface area contributed by atoms with Gasteiger partial charge in [-0.15, -0.1) is 0 Å². The number of nitrogens with zero attached hydrogens (tertiary/aromatic N) is 2. The molecule has 0 amide bonds. The number of hydrogen-bond acceptors (Lipinski definition) is 3. The van der Waals surface area contributed by atoms with Gasteiger partial charge in [0, 0.05) is 28.4 Å². The van der Waals surface area contributed by atoms with Crippen LogP contribution in [0.25, 0.3) is 33.4 Å². The number of rotatable bonds is 4. The van der Waals surface area contributed by atoms with Crippen LogP contribution in [0.3, 0.4) is 0 Å². The van der Waals surface area contributed by atoms with Crippen molar-refractivity contribution < 1.29 is 0 Å². The number of aromatic nitrogens is 3. The van der Waals surface area contributed by atoms with E-state index in [1.807, 2.05) is 30.5 Å². The van der Waals surface area contributed by atoms with Crippen LogP contribution in [0, 0.1) is 0 Å². The molecule has 0 atom stereocenters. The van der Waals surface area contributed by atoms with Crippen LogP contribution in [0.2, 0.25) is 5.02 Å². The van der Waals surface area contributed by atoms with Crippen molar-refractivity contribution in [2.24, 2.45) is 0 Å². The van der Waals surface area contributed by atoms with Gasteiger partial charge >= 0.3 is 0 Å². The van der Waals surface area contributed by atoms with Crippen LogP contribution < -0.4 is 5.32 Å². The zero-order chi connectivity index (χ0) is 19.6. The molecule has 4 nitrogen and oxygen atoms in total. The Hall–Kier alpha value is -2.85. The number of fused-ring (bicyclic) bond motifs is 1. The van der Waals surface area contributed by atoms with Gasteiger partial charge in [0.2, 0.25) is 5.95 Å². The van der Waals surface area contributed by atoms with Crippen LogP contribution in [0.5, 0.6) is 0 Å². The molecule has 29 heavy (non-hydrogen) atoms. The minimum atomic E-state index is 0.533. The van der Waals surface area contributed by atoms with E-state index in [2.05, 4.69) is 45.6 Å². The highest BCUT2D eigenvalue weighted by molar-refractivity contribution is 6.30. The second-order valence-corrected chi connectivity index (χ2v) is 8.17. The maximum Gasteiger partial charge on any atom is 0.201 e. The van der Waals surface area contributed by atoms with Crippen LogP contribution in [-0.2, 0) is 0 Å². The number of nitrogens with one attached hydrogen (secondary N) is 2. The highest BCUT2D eigenvalue weighted by atomic mass is 35.5. The molecule has 0 aliphatic heterocycles. The van der Waals surface area contributed by atoms with Crippen molar-refractivity contribution in [2.75, 3.05) is 5.32 Å². The van der Waals surface area contributed by atoms with Gasteiger partial charge in [0.25, 0.3) is 0 Å². The third kappa shape index (κ3) is 3.99. The molecular formula is C24H23ClN4. The number of imidazole rings is 1. The summed E-state index contributed by atoms with van der Waals surface area (Å²) in [6.45, 7) is 0. The Morgan fingerprint density at radius 2 is 1.62 bits per heavy atom.